The molecule has 0 heterocycles. The van der Waals surface area contributed by atoms with E-state index in [0.29, 0.717) is 6.61 Å². The van der Waals surface area contributed by atoms with Gasteiger partial charge >= 0.3 is 6.18 Å². The molecule has 1 aromatic rings. The predicted octanol–water partition coefficient (Wildman–Crippen LogP) is 3.69. The molecule has 0 bridgehead atoms. The molecule has 1 saturated carbocycles. The van der Waals surface area contributed by atoms with Crippen LogP contribution >= 0.6 is 0 Å². The van der Waals surface area contributed by atoms with E-state index >= 15 is 0 Å². The number of benzene rings is 1. The van der Waals surface area contributed by atoms with Crippen LogP contribution < -0.4 is 10.1 Å². The minimum atomic E-state index is -4.40. The van der Waals surface area contributed by atoms with E-state index in [1.165, 1.54) is 19.2 Å². The van der Waals surface area contributed by atoms with Gasteiger partial charge in [-0.15, -0.1) is 0 Å². The second-order valence-electron chi connectivity index (χ2n) is 4.80. The summed E-state index contributed by atoms with van der Waals surface area (Å²) in [5.41, 5.74) is -0.602. The third kappa shape index (κ3) is 3.36. The first-order chi connectivity index (χ1) is 9.44. The lowest BCUT2D eigenvalue weighted by molar-refractivity contribution is -0.137. The molecule has 0 atom stereocenters. The van der Waals surface area contributed by atoms with E-state index in [1.54, 1.807) is 0 Å². The Kier molecular flexibility index (Phi) is 4.42. The molecule has 20 heavy (non-hydrogen) atoms. The minimum Gasteiger partial charge on any atom is -0.497 e. The van der Waals surface area contributed by atoms with E-state index in [9.17, 15) is 13.2 Å². The molecule has 0 amide bonds. The van der Waals surface area contributed by atoms with Crippen LogP contribution in [0, 0.1) is 0 Å². The lowest BCUT2D eigenvalue weighted by Gasteiger charge is -2.36. The number of nitrogens with one attached hydrogen (secondary N) is 1. The summed E-state index contributed by atoms with van der Waals surface area (Å²) in [5, 5.41) is 2.94. The van der Waals surface area contributed by atoms with Crippen molar-refractivity contribution in [1.29, 1.82) is 0 Å². The predicted molar refractivity (Wildman–Crippen MR) is 70.1 cm³/mol. The Labute approximate surface area is 116 Å². The molecular formula is C14H18F3NO2. The Bertz CT molecular complexity index is 456. The molecule has 0 aromatic heterocycles. The van der Waals surface area contributed by atoms with Crippen molar-refractivity contribution in [1.82, 2.24) is 0 Å². The molecule has 0 unspecified atom stereocenters. The zero-order chi connectivity index (χ0) is 14.8. The Morgan fingerprint density at radius 3 is 2.55 bits per heavy atom. The van der Waals surface area contributed by atoms with Crippen molar-refractivity contribution in [3.05, 3.63) is 23.8 Å². The molecule has 1 aliphatic carbocycles. The van der Waals surface area contributed by atoms with Crippen molar-refractivity contribution in [3.63, 3.8) is 0 Å². The number of halogens is 3. The molecule has 0 radical (unpaired) electrons. The van der Waals surface area contributed by atoms with Gasteiger partial charge in [0, 0.05) is 18.3 Å². The van der Waals surface area contributed by atoms with Crippen LogP contribution in [0.2, 0.25) is 0 Å². The first-order valence-corrected chi connectivity index (χ1v) is 6.57. The Morgan fingerprint density at radius 1 is 1.30 bits per heavy atom. The van der Waals surface area contributed by atoms with Crippen LogP contribution in [0.25, 0.3) is 0 Å². The smallest absolute Gasteiger partial charge is 0.418 e. The average molecular weight is 289 g/mol. The van der Waals surface area contributed by atoms with Crippen molar-refractivity contribution in [2.45, 2.75) is 38.1 Å². The Balaban J connectivity index is 2.08. The second kappa shape index (κ2) is 5.91. The lowest BCUT2D eigenvalue weighted by Crippen LogP contribution is -2.41. The third-order valence-corrected chi connectivity index (χ3v) is 3.39. The highest BCUT2D eigenvalue weighted by molar-refractivity contribution is 5.56. The summed E-state index contributed by atoms with van der Waals surface area (Å²) in [6.45, 7) is 2.54. The molecule has 0 saturated heterocycles. The van der Waals surface area contributed by atoms with Gasteiger partial charge in [-0.25, -0.2) is 0 Å². The fourth-order valence-electron chi connectivity index (χ4n) is 2.29. The summed E-state index contributed by atoms with van der Waals surface area (Å²) in [7, 11) is 1.35. The quantitative estimate of drug-likeness (QED) is 0.896. The number of anilines is 1. The second-order valence-corrected chi connectivity index (χ2v) is 4.80. The van der Waals surface area contributed by atoms with Crippen LogP contribution in [-0.4, -0.2) is 25.9 Å². The monoisotopic (exact) mass is 289 g/mol. The summed E-state index contributed by atoms with van der Waals surface area (Å²) in [6.07, 6.45) is -2.78. The van der Waals surface area contributed by atoms with Gasteiger partial charge in [0.05, 0.1) is 18.8 Å². The summed E-state index contributed by atoms with van der Waals surface area (Å²) in [6, 6.07) is 3.98. The number of hydrogen-bond acceptors (Lipinski definition) is 3. The van der Waals surface area contributed by atoms with E-state index in [4.69, 9.17) is 9.47 Å². The van der Waals surface area contributed by atoms with Gasteiger partial charge in [-0.2, -0.15) is 13.2 Å². The third-order valence-electron chi connectivity index (χ3n) is 3.39. The number of alkyl halides is 3. The topological polar surface area (TPSA) is 30.5 Å². The molecular weight excluding hydrogens is 271 g/mol. The lowest BCUT2D eigenvalue weighted by atomic mass is 9.88. The van der Waals surface area contributed by atoms with Crippen molar-refractivity contribution in [3.8, 4) is 5.75 Å². The average Bonchev–Trinajstić information content (AvgIpc) is 2.35. The Hall–Kier alpha value is -1.43. The maximum Gasteiger partial charge on any atom is 0.418 e. The minimum absolute atomic E-state index is 0.0287. The maximum absolute atomic E-state index is 13.0. The molecule has 2 rings (SSSR count). The molecule has 0 spiro atoms. The van der Waals surface area contributed by atoms with Gasteiger partial charge in [0.25, 0.3) is 0 Å². The van der Waals surface area contributed by atoms with Gasteiger partial charge in [0.2, 0.25) is 0 Å². The molecule has 6 heteroatoms. The first kappa shape index (κ1) is 15.0. The van der Waals surface area contributed by atoms with Crippen molar-refractivity contribution < 1.29 is 22.6 Å². The van der Waals surface area contributed by atoms with Crippen LogP contribution in [0.5, 0.6) is 5.75 Å². The van der Waals surface area contributed by atoms with Gasteiger partial charge in [-0.1, -0.05) is 0 Å². The molecule has 1 aromatic carbocycles. The van der Waals surface area contributed by atoms with Crippen LogP contribution in [0.3, 0.4) is 0 Å². The fraction of sp³-hybridized carbons (Fsp3) is 0.571. The molecule has 3 nitrogen and oxygen atoms in total. The maximum atomic E-state index is 13.0. The number of ether oxygens (including phenoxy) is 2. The van der Waals surface area contributed by atoms with Gasteiger partial charge < -0.3 is 14.8 Å². The summed E-state index contributed by atoms with van der Waals surface area (Å²) in [4.78, 5) is 0. The number of hydrogen-bond donors (Lipinski definition) is 1. The zero-order valence-electron chi connectivity index (χ0n) is 11.5. The molecule has 1 fully saturated rings. The van der Waals surface area contributed by atoms with Crippen molar-refractivity contribution >= 4 is 5.69 Å². The van der Waals surface area contributed by atoms with Crippen LogP contribution in [0.1, 0.15) is 25.3 Å². The van der Waals surface area contributed by atoms with E-state index < -0.39 is 11.7 Å². The summed E-state index contributed by atoms with van der Waals surface area (Å²) < 4.78 is 49.3. The van der Waals surface area contributed by atoms with Crippen LogP contribution in [-0.2, 0) is 10.9 Å². The largest absolute Gasteiger partial charge is 0.497 e. The Morgan fingerprint density at radius 2 is 2.00 bits per heavy atom. The summed E-state index contributed by atoms with van der Waals surface area (Å²) >= 11 is 0. The van der Waals surface area contributed by atoms with Gasteiger partial charge in [0.1, 0.15) is 5.75 Å². The zero-order valence-corrected chi connectivity index (χ0v) is 11.5. The fourth-order valence-corrected chi connectivity index (χ4v) is 2.29. The molecule has 1 N–H and O–H groups in total. The molecule has 0 aliphatic heterocycles. The first-order valence-electron chi connectivity index (χ1n) is 6.57. The number of rotatable bonds is 5. The van der Waals surface area contributed by atoms with E-state index in [1.807, 2.05) is 6.92 Å². The van der Waals surface area contributed by atoms with Gasteiger partial charge in [-0.05, 0) is 38.0 Å². The van der Waals surface area contributed by atoms with Crippen LogP contribution in [0.4, 0.5) is 18.9 Å². The highest BCUT2D eigenvalue weighted by atomic mass is 19.4. The molecule has 1 aliphatic rings. The van der Waals surface area contributed by atoms with Crippen LogP contribution in [0.15, 0.2) is 18.2 Å². The standard InChI is InChI=1S/C14H18F3NO2/c1-3-20-11-6-9(7-11)18-13-5-4-10(19-2)8-12(13)14(15,16)17/h4-5,8-9,11,18H,3,6-7H2,1-2H3. The molecule has 112 valence electrons. The van der Waals surface area contributed by atoms with Gasteiger partial charge in [-0.3, -0.25) is 0 Å². The SMILES string of the molecule is CCOC1CC(Nc2ccc(OC)cc2C(F)(F)F)C1. The number of methoxy groups -OCH3 is 1. The van der Waals surface area contributed by atoms with Gasteiger partial charge in [0.15, 0.2) is 0 Å². The van der Waals surface area contributed by atoms with E-state index in [2.05, 4.69) is 5.32 Å². The van der Waals surface area contributed by atoms with E-state index in [-0.39, 0.29) is 23.6 Å². The highest BCUT2D eigenvalue weighted by Gasteiger charge is 2.36. The van der Waals surface area contributed by atoms with Crippen molar-refractivity contribution in [2.24, 2.45) is 0 Å². The highest BCUT2D eigenvalue weighted by Crippen LogP contribution is 2.38. The van der Waals surface area contributed by atoms with Crippen molar-refractivity contribution in [2.75, 3.05) is 19.0 Å². The normalized spacial score (nSPS) is 22.2. The summed E-state index contributed by atoms with van der Waals surface area (Å²) in [5.74, 6) is 0.198. The van der Waals surface area contributed by atoms with E-state index in [0.717, 1.165) is 18.9 Å².